The molecule has 1 N–H and O–H groups in total. The number of allylic oxidation sites excluding steroid dienone is 1. The van der Waals surface area contributed by atoms with Crippen LogP contribution in [0, 0.1) is 5.92 Å². The Labute approximate surface area is 80.4 Å². The van der Waals surface area contributed by atoms with E-state index < -0.39 is 0 Å². The Morgan fingerprint density at radius 3 is 3.15 bits per heavy atom. The number of hydrogen-bond acceptors (Lipinski definition) is 2. The van der Waals surface area contributed by atoms with Crippen LogP contribution in [-0.2, 0) is 4.74 Å². The highest BCUT2D eigenvalue weighted by molar-refractivity contribution is 5.02. The summed E-state index contributed by atoms with van der Waals surface area (Å²) in [5, 5.41) is 3.46. The highest BCUT2D eigenvalue weighted by Crippen LogP contribution is 2.23. The predicted octanol–water partition coefficient (Wildman–Crippen LogP) is 2.07. The summed E-state index contributed by atoms with van der Waals surface area (Å²) < 4.78 is 5.34. The molecule has 1 atom stereocenters. The van der Waals surface area contributed by atoms with E-state index in [1.54, 1.807) is 0 Å². The Morgan fingerprint density at radius 2 is 2.46 bits per heavy atom. The molecule has 13 heavy (non-hydrogen) atoms. The third-order valence-electron chi connectivity index (χ3n) is 2.96. The molecule has 0 amide bonds. The van der Waals surface area contributed by atoms with Crippen molar-refractivity contribution >= 4 is 0 Å². The van der Waals surface area contributed by atoms with Crippen molar-refractivity contribution in [3.63, 3.8) is 0 Å². The first-order valence-corrected chi connectivity index (χ1v) is 5.45. The average Bonchev–Trinajstić information content (AvgIpc) is 2.21. The number of rotatable bonds is 2. The van der Waals surface area contributed by atoms with E-state index in [1.807, 2.05) is 6.26 Å². The minimum Gasteiger partial charge on any atom is -0.501 e. The van der Waals surface area contributed by atoms with Crippen molar-refractivity contribution in [2.75, 3.05) is 19.7 Å². The average molecular weight is 181 g/mol. The van der Waals surface area contributed by atoms with Crippen molar-refractivity contribution in [3.05, 3.63) is 11.8 Å². The van der Waals surface area contributed by atoms with E-state index in [9.17, 15) is 0 Å². The molecule has 0 aromatic rings. The van der Waals surface area contributed by atoms with Gasteiger partial charge in [0.05, 0.1) is 12.9 Å². The minimum absolute atomic E-state index is 0.863. The largest absolute Gasteiger partial charge is 0.501 e. The van der Waals surface area contributed by atoms with Crippen LogP contribution in [-0.4, -0.2) is 19.7 Å². The SMILES string of the molecule is C1=C(CC2CCCNC2)CCCO1. The van der Waals surface area contributed by atoms with Gasteiger partial charge >= 0.3 is 0 Å². The molecule has 2 rings (SSSR count). The second kappa shape index (κ2) is 4.66. The third-order valence-corrected chi connectivity index (χ3v) is 2.96. The van der Waals surface area contributed by atoms with Crippen LogP contribution < -0.4 is 5.32 Å². The summed E-state index contributed by atoms with van der Waals surface area (Å²) in [6.07, 6.45) is 8.47. The van der Waals surface area contributed by atoms with Gasteiger partial charge in [-0.15, -0.1) is 0 Å². The third kappa shape index (κ3) is 2.73. The van der Waals surface area contributed by atoms with E-state index in [4.69, 9.17) is 4.74 Å². The molecular weight excluding hydrogens is 162 g/mol. The molecule has 0 aromatic carbocycles. The smallest absolute Gasteiger partial charge is 0.0876 e. The maximum absolute atomic E-state index is 5.34. The van der Waals surface area contributed by atoms with Crippen molar-refractivity contribution in [1.82, 2.24) is 5.32 Å². The summed E-state index contributed by atoms with van der Waals surface area (Å²) in [6.45, 7) is 3.34. The molecule has 0 aliphatic carbocycles. The van der Waals surface area contributed by atoms with Crippen LogP contribution >= 0.6 is 0 Å². The first-order valence-electron chi connectivity index (χ1n) is 5.45. The first-order chi connectivity index (χ1) is 6.45. The molecule has 1 saturated heterocycles. The molecule has 2 nitrogen and oxygen atoms in total. The van der Waals surface area contributed by atoms with Crippen molar-refractivity contribution < 1.29 is 4.74 Å². The van der Waals surface area contributed by atoms with Crippen molar-refractivity contribution in [3.8, 4) is 0 Å². The number of ether oxygens (including phenoxy) is 1. The molecule has 0 aromatic heterocycles. The minimum atomic E-state index is 0.863. The van der Waals surface area contributed by atoms with Gasteiger partial charge in [-0.3, -0.25) is 0 Å². The van der Waals surface area contributed by atoms with Gasteiger partial charge in [-0.1, -0.05) is 0 Å². The summed E-state index contributed by atoms with van der Waals surface area (Å²) in [6, 6.07) is 0. The summed E-state index contributed by atoms with van der Waals surface area (Å²) in [5.74, 6) is 0.863. The zero-order chi connectivity index (χ0) is 8.93. The van der Waals surface area contributed by atoms with Crippen LogP contribution in [0.5, 0.6) is 0 Å². The Balaban J connectivity index is 1.78. The lowest BCUT2D eigenvalue weighted by Crippen LogP contribution is -2.30. The summed E-state index contributed by atoms with van der Waals surface area (Å²) in [4.78, 5) is 0. The number of hydrogen-bond donors (Lipinski definition) is 1. The number of piperidine rings is 1. The van der Waals surface area contributed by atoms with E-state index in [2.05, 4.69) is 5.32 Å². The second-order valence-electron chi connectivity index (χ2n) is 4.17. The van der Waals surface area contributed by atoms with E-state index in [-0.39, 0.29) is 0 Å². The molecule has 0 radical (unpaired) electrons. The van der Waals surface area contributed by atoms with Crippen molar-refractivity contribution in [1.29, 1.82) is 0 Å². The lowest BCUT2D eigenvalue weighted by Gasteiger charge is -2.24. The fraction of sp³-hybridized carbons (Fsp3) is 0.818. The van der Waals surface area contributed by atoms with Crippen molar-refractivity contribution in [2.45, 2.75) is 32.1 Å². The molecule has 2 aliphatic rings. The molecule has 0 spiro atoms. The van der Waals surface area contributed by atoms with Crippen molar-refractivity contribution in [2.24, 2.45) is 5.92 Å². The standard InChI is InChI=1S/C11H19NO/c1-3-10(8-12-5-1)7-11-4-2-6-13-9-11/h9-10,12H,1-8H2. The number of nitrogens with one attached hydrogen (secondary N) is 1. The maximum Gasteiger partial charge on any atom is 0.0876 e. The second-order valence-corrected chi connectivity index (χ2v) is 4.17. The van der Waals surface area contributed by atoms with Gasteiger partial charge in [-0.25, -0.2) is 0 Å². The van der Waals surface area contributed by atoms with Gasteiger partial charge in [-0.05, 0) is 56.7 Å². The maximum atomic E-state index is 5.34. The molecule has 0 saturated carbocycles. The Hall–Kier alpha value is -0.500. The highest BCUT2D eigenvalue weighted by Gasteiger charge is 2.15. The monoisotopic (exact) mass is 181 g/mol. The summed E-state index contributed by atoms with van der Waals surface area (Å²) >= 11 is 0. The molecule has 1 fully saturated rings. The van der Waals surface area contributed by atoms with Gasteiger partial charge in [0.25, 0.3) is 0 Å². The highest BCUT2D eigenvalue weighted by atomic mass is 16.5. The lowest BCUT2D eigenvalue weighted by atomic mass is 9.91. The molecule has 1 unspecified atom stereocenters. The normalized spacial score (nSPS) is 29.2. The van der Waals surface area contributed by atoms with Crippen LogP contribution in [0.2, 0.25) is 0 Å². The van der Waals surface area contributed by atoms with E-state index in [0.29, 0.717) is 0 Å². The van der Waals surface area contributed by atoms with E-state index >= 15 is 0 Å². The van der Waals surface area contributed by atoms with Crippen LogP contribution in [0.1, 0.15) is 32.1 Å². The quantitative estimate of drug-likeness (QED) is 0.704. The molecular formula is C11H19NO. The zero-order valence-corrected chi connectivity index (χ0v) is 8.22. The molecule has 0 bridgehead atoms. The fourth-order valence-electron chi connectivity index (χ4n) is 2.24. The Bertz CT molecular complexity index is 183. The summed E-state index contributed by atoms with van der Waals surface area (Å²) in [7, 11) is 0. The Kier molecular flexibility index (Phi) is 3.25. The van der Waals surface area contributed by atoms with Crippen LogP contribution in [0.15, 0.2) is 11.8 Å². The van der Waals surface area contributed by atoms with Crippen LogP contribution in [0.4, 0.5) is 0 Å². The van der Waals surface area contributed by atoms with E-state index in [0.717, 1.165) is 12.5 Å². The van der Waals surface area contributed by atoms with Gasteiger partial charge in [0, 0.05) is 0 Å². The van der Waals surface area contributed by atoms with Gasteiger partial charge in [-0.2, -0.15) is 0 Å². The van der Waals surface area contributed by atoms with Crippen LogP contribution in [0.3, 0.4) is 0 Å². The predicted molar refractivity (Wildman–Crippen MR) is 53.5 cm³/mol. The Morgan fingerprint density at radius 1 is 1.46 bits per heavy atom. The molecule has 2 aliphatic heterocycles. The van der Waals surface area contributed by atoms with E-state index in [1.165, 1.54) is 50.8 Å². The van der Waals surface area contributed by atoms with Crippen LogP contribution in [0.25, 0.3) is 0 Å². The molecule has 2 heterocycles. The molecule has 74 valence electrons. The summed E-state index contributed by atoms with van der Waals surface area (Å²) in [5.41, 5.74) is 1.53. The van der Waals surface area contributed by atoms with Gasteiger partial charge in [0.15, 0.2) is 0 Å². The fourth-order valence-corrected chi connectivity index (χ4v) is 2.24. The zero-order valence-electron chi connectivity index (χ0n) is 8.22. The molecule has 2 heteroatoms. The first kappa shape index (κ1) is 9.07. The van der Waals surface area contributed by atoms with Gasteiger partial charge in [0.2, 0.25) is 0 Å². The van der Waals surface area contributed by atoms with Gasteiger partial charge < -0.3 is 10.1 Å². The topological polar surface area (TPSA) is 21.3 Å². The van der Waals surface area contributed by atoms with Gasteiger partial charge in [0.1, 0.15) is 0 Å². The lowest BCUT2D eigenvalue weighted by molar-refractivity contribution is 0.219.